The number of sulfonamides is 1. The zero-order chi connectivity index (χ0) is 23.3. The van der Waals surface area contributed by atoms with Gasteiger partial charge in [-0.2, -0.15) is 8.78 Å². The zero-order valence-corrected chi connectivity index (χ0v) is 17.0. The van der Waals surface area contributed by atoms with Gasteiger partial charge in [0.1, 0.15) is 5.75 Å². The van der Waals surface area contributed by atoms with Crippen LogP contribution in [-0.4, -0.2) is 20.9 Å². The van der Waals surface area contributed by atoms with E-state index in [0.717, 1.165) is 6.07 Å². The number of alkyl halides is 2. The van der Waals surface area contributed by atoms with E-state index in [-0.39, 0.29) is 23.5 Å². The molecule has 0 saturated carbocycles. The van der Waals surface area contributed by atoms with Crippen molar-refractivity contribution in [2.75, 3.05) is 4.72 Å². The Labute approximate surface area is 180 Å². The lowest BCUT2D eigenvalue weighted by molar-refractivity contribution is -0.0504. The number of ether oxygens (including phenoxy) is 1. The van der Waals surface area contributed by atoms with Crippen LogP contribution in [0.5, 0.6) is 5.75 Å². The molecule has 0 aromatic heterocycles. The van der Waals surface area contributed by atoms with E-state index in [1.807, 2.05) is 0 Å². The second kappa shape index (κ2) is 9.69. The van der Waals surface area contributed by atoms with Crippen LogP contribution in [0.4, 0.5) is 23.2 Å². The lowest BCUT2D eigenvalue weighted by Crippen LogP contribution is -2.23. The van der Waals surface area contributed by atoms with Crippen LogP contribution in [0.3, 0.4) is 0 Å². The molecule has 0 aliphatic heterocycles. The van der Waals surface area contributed by atoms with Gasteiger partial charge in [-0.15, -0.1) is 0 Å². The van der Waals surface area contributed by atoms with Crippen molar-refractivity contribution < 1.29 is 35.5 Å². The molecule has 0 aliphatic carbocycles. The monoisotopic (exact) mass is 468 g/mol. The molecule has 2 N–H and O–H groups in total. The molecule has 6 nitrogen and oxygen atoms in total. The minimum Gasteiger partial charge on any atom is -0.434 e. The molecule has 0 unspecified atom stereocenters. The molecule has 0 bridgehead atoms. The standard InChI is InChI=1S/C21H16F4N2O4S/c22-17-10-9-16(11-18(17)23)32(29,30)27-15-7-5-13(6-8-15)20(28)26-12-14-3-1-2-4-19(14)31-21(24)25/h1-11,21,27H,12H2,(H,26,28). The molecule has 0 saturated heterocycles. The second-order valence-corrected chi connectivity index (χ2v) is 8.11. The van der Waals surface area contributed by atoms with E-state index in [9.17, 15) is 30.8 Å². The number of hydrogen-bond donors (Lipinski definition) is 2. The van der Waals surface area contributed by atoms with Gasteiger partial charge in [0.2, 0.25) is 0 Å². The molecule has 0 fully saturated rings. The summed E-state index contributed by atoms with van der Waals surface area (Å²) in [7, 11) is -4.18. The van der Waals surface area contributed by atoms with Gasteiger partial charge >= 0.3 is 6.61 Å². The van der Waals surface area contributed by atoms with E-state index in [0.29, 0.717) is 17.7 Å². The fraction of sp³-hybridized carbons (Fsp3) is 0.0952. The number of para-hydroxylation sites is 1. The topological polar surface area (TPSA) is 84.5 Å². The quantitative estimate of drug-likeness (QED) is 0.483. The number of carbonyl (C=O) groups is 1. The van der Waals surface area contributed by atoms with Crippen molar-refractivity contribution in [2.24, 2.45) is 0 Å². The molecule has 11 heteroatoms. The molecule has 3 aromatic rings. The van der Waals surface area contributed by atoms with E-state index in [1.165, 1.54) is 42.5 Å². The Morgan fingerprint density at radius 2 is 1.62 bits per heavy atom. The SMILES string of the molecule is O=C(NCc1ccccc1OC(F)F)c1ccc(NS(=O)(=O)c2ccc(F)c(F)c2)cc1. The normalized spacial score (nSPS) is 11.3. The average molecular weight is 468 g/mol. The van der Waals surface area contributed by atoms with E-state index >= 15 is 0 Å². The molecule has 0 radical (unpaired) electrons. The van der Waals surface area contributed by atoms with Crippen molar-refractivity contribution in [2.45, 2.75) is 18.1 Å². The van der Waals surface area contributed by atoms with Crippen molar-refractivity contribution in [3.63, 3.8) is 0 Å². The molecule has 1 amide bonds. The lowest BCUT2D eigenvalue weighted by Gasteiger charge is -2.12. The first-order valence-electron chi connectivity index (χ1n) is 9.04. The summed E-state index contributed by atoms with van der Waals surface area (Å²) >= 11 is 0. The number of amides is 1. The molecule has 3 aromatic carbocycles. The summed E-state index contributed by atoms with van der Waals surface area (Å²) in [6.45, 7) is -3.08. The molecule has 168 valence electrons. The second-order valence-electron chi connectivity index (χ2n) is 6.43. The number of nitrogens with one attached hydrogen (secondary N) is 2. The van der Waals surface area contributed by atoms with E-state index in [2.05, 4.69) is 14.8 Å². The Morgan fingerprint density at radius 3 is 2.28 bits per heavy atom. The van der Waals surface area contributed by atoms with Crippen LogP contribution in [0.15, 0.2) is 71.6 Å². The van der Waals surface area contributed by atoms with Crippen LogP contribution < -0.4 is 14.8 Å². The van der Waals surface area contributed by atoms with Crippen molar-refractivity contribution >= 4 is 21.6 Å². The largest absolute Gasteiger partial charge is 0.434 e. The fourth-order valence-electron chi connectivity index (χ4n) is 2.69. The smallest absolute Gasteiger partial charge is 0.387 e. The van der Waals surface area contributed by atoms with Gasteiger partial charge in [0.25, 0.3) is 15.9 Å². The molecular formula is C21H16F4N2O4S. The van der Waals surface area contributed by atoms with Crippen molar-refractivity contribution in [3.05, 3.63) is 89.5 Å². The highest BCUT2D eigenvalue weighted by atomic mass is 32.2. The van der Waals surface area contributed by atoms with Crippen LogP contribution in [0.2, 0.25) is 0 Å². The van der Waals surface area contributed by atoms with Gasteiger partial charge < -0.3 is 10.1 Å². The summed E-state index contributed by atoms with van der Waals surface area (Å²) in [6.07, 6.45) is 0. The third-order valence-corrected chi connectivity index (χ3v) is 5.61. The van der Waals surface area contributed by atoms with Crippen LogP contribution in [0.1, 0.15) is 15.9 Å². The van der Waals surface area contributed by atoms with Gasteiger partial charge in [-0.3, -0.25) is 9.52 Å². The fourth-order valence-corrected chi connectivity index (χ4v) is 3.76. The Bertz CT molecular complexity index is 1220. The van der Waals surface area contributed by atoms with Crippen molar-refractivity contribution in [1.29, 1.82) is 0 Å². The number of benzene rings is 3. The van der Waals surface area contributed by atoms with Gasteiger partial charge in [0.15, 0.2) is 11.6 Å². The summed E-state index contributed by atoms with van der Waals surface area (Å²) in [5.74, 6) is -3.08. The molecular weight excluding hydrogens is 452 g/mol. The van der Waals surface area contributed by atoms with Gasteiger partial charge in [-0.25, -0.2) is 17.2 Å². The predicted octanol–water partition coefficient (Wildman–Crippen LogP) is 4.30. The number of anilines is 1. The highest BCUT2D eigenvalue weighted by Gasteiger charge is 2.17. The first kappa shape index (κ1) is 23.1. The third kappa shape index (κ3) is 5.76. The molecule has 0 heterocycles. The van der Waals surface area contributed by atoms with E-state index < -0.39 is 39.1 Å². The van der Waals surface area contributed by atoms with Crippen LogP contribution in [0.25, 0.3) is 0 Å². The molecule has 0 atom stereocenters. The molecule has 3 rings (SSSR count). The lowest BCUT2D eigenvalue weighted by atomic mass is 10.1. The minimum absolute atomic E-state index is 0.0650. The Morgan fingerprint density at radius 1 is 0.938 bits per heavy atom. The summed E-state index contributed by atoms with van der Waals surface area (Å²) in [4.78, 5) is 11.9. The summed E-state index contributed by atoms with van der Waals surface area (Å²) < 4.78 is 82.5. The maximum atomic E-state index is 13.3. The average Bonchev–Trinajstić information content (AvgIpc) is 2.74. The number of halogens is 4. The first-order valence-corrected chi connectivity index (χ1v) is 10.5. The molecule has 32 heavy (non-hydrogen) atoms. The Hall–Kier alpha value is -3.60. The van der Waals surface area contributed by atoms with Crippen LogP contribution >= 0.6 is 0 Å². The maximum Gasteiger partial charge on any atom is 0.387 e. The van der Waals surface area contributed by atoms with Gasteiger partial charge in [0, 0.05) is 23.4 Å². The highest BCUT2D eigenvalue weighted by molar-refractivity contribution is 7.92. The number of rotatable bonds is 8. The van der Waals surface area contributed by atoms with Crippen molar-refractivity contribution in [3.8, 4) is 5.75 Å². The Balaban J connectivity index is 1.65. The van der Waals surface area contributed by atoms with Gasteiger partial charge in [0.05, 0.1) is 4.90 Å². The minimum atomic E-state index is -4.18. The number of carbonyl (C=O) groups excluding carboxylic acids is 1. The molecule has 0 aliphatic rings. The molecule has 0 spiro atoms. The zero-order valence-electron chi connectivity index (χ0n) is 16.2. The summed E-state index contributed by atoms with van der Waals surface area (Å²) in [6, 6.07) is 13.4. The van der Waals surface area contributed by atoms with Gasteiger partial charge in [-0.05, 0) is 48.5 Å². The Kier molecular flexibility index (Phi) is 6.98. The summed E-state index contributed by atoms with van der Waals surface area (Å²) in [5, 5.41) is 2.55. The highest BCUT2D eigenvalue weighted by Crippen LogP contribution is 2.21. The third-order valence-electron chi connectivity index (χ3n) is 4.23. The van der Waals surface area contributed by atoms with E-state index in [1.54, 1.807) is 6.07 Å². The summed E-state index contributed by atoms with van der Waals surface area (Å²) in [5.41, 5.74) is 0.604. The number of hydrogen-bond acceptors (Lipinski definition) is 4. The van der Waals surface area contributed by atoms with Crippen LogP contribution in [-0.2, 0) is 16.6 Å². The predicted molar refractivity (Wildman–Crippen MR) is 108 cm³/mol. The maximum absolute atomic E-state index is 13.3. The van der Waals surface area contributed by atoms with Gasteiger partial charge in [-0.1, -0.05) is 18.2 Å². The van der Waals surface area contributed by atoms with Crippen LogP contribution in [0, 0.1) is 11.6 Å². The van der Waals surface area contributed by atoms with E-state index in [4.69, 9.17) is 0 Å². The first-order chi connectivity index (χ1) is 15.2. The van der Waals surface area contributed by atoms with Crippen molar-refractivity contribution in [1.82, 2.24) is 5.32 Å².